The highest BCUT2D eigenvalue weighted by Crippen LogP contribution is 2.48. The fraction of sp³-hybridized carbons (Fsp3) is 0. The van der Waals surface area contributed by atoms with Gasteiger partial charge in [0.25, 0.3) is 0 Å². The third-order valence-corrected chi connectivity index (χ3v) is 14.3. The highest BCUT2D eigenvalue weighted by Gasteiger charge is 2.22. The molecule has 0 aliphatic carbocycles. The molecule has 308 valence electrons. The molecular weight excluding hydrogens is 809 g/mol. The maximum atomic E-state index is 9.54. The van der Waals surface area contributed by atoms with Crippen LogP contribution < -0.4 is 0 Å². The van der Waals surface area contributed by atoms with Gasteiger partial charge in [0, 0.05) is 21.8 Å². The Hall–Kier alpha value is -9.03. The van der Waals surface area contributed by atoms with Crippen molar-refractivity contribution in [3.63, 3.8) is 0 Å². The first-order valence-corrected chi connectivity index (χ1v) is 23.0. The number of benzene rings is 13. The summed E-state index contributed by atoms with van der Waals surface area (Å²) in [6.45, 7) is 0. The van der Waals surface area contributed by atoms with Crippen LogP contribution in [0.25, 0.3) is 136 Å². The van der Waals surface area contributed by atoms with Crippen molar-refractivity contribution >= 4 is 97.2 Å². The molecule has 0 radical (unpaired) electrons. The molecule has 13 aromatic carbocycles. The zero-order valence-corrected chi connectivity index (χ0v) is 36.3. The second-order valence-electron chi connectivity index (χ2n) is 17.9. The number of fused-ring (bicyclic) bond motifs is 15. The van der Waals surface area contributed by atoms with Gasteiger partial charge in [-0.1, -0.05) is 176 Å². The maximum absolute atomic E-state index is 9.54. The number of hydrogen-bond acceptors (Lipinski definition) is 1. The van der Waals surface area contributed by atoms with Gasteiger partial charge in [0.15, 0.2) is 0 Å². The van der Waals surface area contributed by atoms with Crippen molar-refractivity contribution in [1.29, 1.82) is 5.26 Å². The standard InChI is InChI=1S/C65H38N2/c66-39-40-25-26-44-37-47(28-27-43(44)35-40)62-55-23-10-8-21-53(55)61(54-22-9-11-24-56(54)62)46-15-12-14-42(36-46)45-29-31-51-57-32-34-60-65(63(57)52-20-7-6-19-50(52)58(51)38-45)64-49-18-5-4-13-41(49)30-33-59(64)67(60)48-16-2-1-3-17-48/h1-38H. The topological polar surface area (TPSA) is 28.7 Å². The van der Waals surface area contributed by atoms with E-state index in [1.54, 1.807) is 0 Å². The van der Waals surface area contributed by atoms with E-state index < -0.39 is 0 Å². The van der Waals surface area contributed by atoms with Crippen LogP contribution in [-0.4, -0.2) is 4.57 Å². The quantitative estimate of drug-likeness (QED) is 0.128. The first-order chi connectivity index (χ1) is 33.2. The minimum Gasteiger partial charge on any atom is -0.309 e. The SMILES string of the molecule is N#Cc1ccc2cc(-c3c4ccccc4c(-c4cccc(-c5ccc6c(c5)c5ccccc5c5c6ccc6c5c5c7ccccc7ccc5n6-c5ccccc5)c4)c4ccccc34)ccc2c1. The Balaban J connectivity index is 0.979. The Kier molecular flexibility index (Phi) is 8.08. The normalized spacial score (nSPS) is 11.9. The number of nitriles is 1. The van der Waals surface area contributed by atoms with Gasteiger partial charge >= 0.3 is 0 Å². The highest BCUT2D eigenvalue weighted by atomic mass is 15.0. The fourth-order valence-corrected chi connectivity index (χ4v) is 11.4. The van der Waals surface area contributed by atoms with Crippen molar-refractivity contribution < 1.29 is 0 Å². The summed E-state index contributed by atoms with van der Waals surface area (Å²) in [5.74, 6) is 0. The largest absolute Gasteiger partial charge is 0.309 e. The average molecular weight is 847 g/mol. The van der Waals surface area contributed by atoms with Crippen LogP contribution in [0.15, 0.2) is 231 Å². The molecule has 14 rings (SSSR count). The zero-order valence-electron chi connectivity index (χ0n) is 36.3. The van der Waals surface area contributed by atoms with Gasteiger partial charge in [-0.05, 0) is 158 Å². The van der Waals surface area contributed by atoms with Crippen molar-refractivity contribution in [1.82, 2.24) is 4.57 Å². The summed E-state index contributed by atoms with van der Waals surface area (Å²) in [6, 6.07) is 86.7. The lowest BCUT2D eigenvalue weighted by Gasteiger charge is -2.18. The molecule has 0 aliphatic heterocycles. The van der Waals surface area contributed by atoms with E-state index >= 15 is 0 Å². The molecule has 0 unspecified atom stereocenters. The van der Waals surface area contributed by atoms with Crippen LogP contribution in [0.1, 0.15) is 5.56 Å². The molecule has 0 amide bonds. The molecule has 0 bridgehead atoms. The van der Waals surface area contributed by atoms with E-state index in [1.165, 1.54) is 114 Å². The van der Waals surface area contributed by atoms with E-state index in [2.05, 4.69) is 229 Å². The van der Waals surface area contributed by atoms with Crippen LogP contribution in [0.2, 0.25) is 0 Å². The molecule has 0 saturated carbocycles. The summed E-state index contributed by atoms with van der Waals surface area (Å²) in [4.78, 5) is 0. The minimum absolute atomic E-state index is 0.674. The average Bonchev–Trinajstić information content (AvgIpc) is 3.75. The smallest absolute Gasteiger partial charge is 0.0991 e. The summed E-state index contributed by atoms with van der Waals surface area (Å²) >= 11 is 0. The molecule has 0 spiro atoms. The summed E-state index contributed by atoms with van der Waals surface area (Å²) in [6.07, 6.45) is 0. The van der Waals surface area contributed by atoms with Gasteiger partial charge in [0.05, 0.1) is 22.7 Å². The van der Waals surface area contributed by atoms with Crippen LogP contribution in [0, 0.1) is 11.3 Å². The monoisotopic (exact) mass is 846 g/mol. The predicted octanol–water partition coefficient (Wildman–Crippen LogP) is 17.7. The molecule has 0 atom stereocenters. The van der Waals surface area contributed by atoms with Crippen molar-refractivity contribution in [3.8, 4) is 45.1 Å². The van der Waals surface area contributed by atoms with Crippen LogP contribution in [0.5, 0.6) is 0 Å². The van der Waals surface area contributed by atoms with Crippen molar-refractivity contribution in [2.45, 2.75) is 0 Å². The number of para-hydroxylation sites is 1. The Morgan fingerprint density at radius 3 is 1.54 bits per heavy atom. The van der Waals surface area contributed by atoms with Crippen LogP contribution >= 0.6 is 0 Å². The summed E-state index contributed by atoms with van der Waals surface area (Å²) in [5, 5.41) is 29.3. The van der Waals surface area contributed by atoms with E-state index in [0.29, 0.717) is 5.56 Å². The fourth-order valence-electron chi connectivity index (χ4n) is 11.4. The molecule has 67 heavy (non-hydrogen) atoms. The molecule has 0 N–H and O–H groups in total. The zero-order chi connectivity index (χ0) is 44.2. The molecule has 2 heteroatoms. The van der Waals surface area contributed by atoms with Crippen LogP contribution in [0.3, 0.4) is 0 Å². The number of aromatic nitrogens is 1. The van der Waals surface area contributed by atoms with Gasteiger partial charge < -0.3 is 4.57 Å². The van der Waals surface area contributed by atoms with Gasteiger partial charge in [-0.25, -0.2) is 0 Å². The van der Waals surface area contributed by atoms with Crippen molar-refractivity contribution in [3.05, 3.63) is 236 Å². The summed E-state index contributed by atoms with van der Waals surface area (Å²) in [5.41, 5.74) is 11.4. The maximum Gasteiger partial charge on any atom is 0.0991 e. The second kappa shape index (κ2) is 14.5. The Morgan fingerprint density at radius 2 is 0.791 bits per heavy atom. The van der Waals surface area contributed by atoms with E-state index in [-0.39, 0.29) is 0 Å². The van der Waals surface area contributed by atoms with E-state index in [1.807, 2.05) is 12.1 Å². The third kappa shape index (κ3) is 5.56. The Labute approximate surface area is 386 Å². The van der Waals surface area contributed by atoms with E-state index in [4.69, 9.17) is 0 Å². The number of rotatable bonds is 4. The van der Waals surface area contributed by atoms with E-state index in [0.717, 1.165) is 22.0 Å². The molecule has 1 aromatic heterocycles. The molecule has 14 aromatic rings. The molecule has 2 nitrogen and oxygen atoms in total. The van der Waals surface area contributed by atoms with Gasteiger partial charge in [0.1, 0.15) is 0 Å². The van der Waals surface area contributed by atoms with Gasteiger partial charge in [-0.2, -0.15) is 5.26 Å². The van der Waals surface area contributed by atoms with Crippen LogP contribution in [0.4, 0.5) is 0 Å². The highest BCUT2D eigenvalue weighted by molar-refractivity contribution is 6.38. The van der Waals surface area contributed by atoms with Gasteiger partial charge in [-0.15, -0.1) is 0 Å². The molecule has 0 saturated heterocycles. The first kappa shape index (κ1) is 37.4. The van der Waals surface area contributed by atoms with Crippen molar-refractivity contribution in [2.75, 3.05) is 0 Å². The Bertz CT molecular complexity index is 4380. The summed E-state index contributed by atoms with van der Waals surface area (Å²) < 4.78 is 2.45. The second-order valence-corrected chi connectivity index (χ2v) is 17.9. The van der Waals surface area contributed by atoms with Gasteiger partial charge in [-0.3, -0.25) is 0 Å². The lowest BCUT2D eigenvalue weighted by atomic mass is 9.85. The number of nitrogens with zero attached hydrogens (tertiary/aromatic N) is 2. The van der Waals surface area contributed by atoms with Crippen molar-refractivity contribution in [2.24, 2.45) is 0 Å². The lowest BCUT2D eigenvalue weighted by Crippen LogP contribution is -1.93. The molecular formula is C65H38N2. The minimum atomic E-state index is 0.674. The lowest BCUT2D eigenvalue weighted by molar-refractivity contribution is 1.18. The first-order valence-electron chi connectivity index (χ1n) is 23.0. The van der Waals surface area contributed by atoms with Gasteiger partial charge in [0.2, 0.25) is 0 Å². The van der Waals surface area contributed by atoms with E-state index in [9.17, 15) is 5.26 Å². The predicted molar refractivity (Wildman–Crippen MR) is 284 cm³/mol. The molecule has 0 aliphatic rings. The molecule has 1 heterocycles. The summed E-state index contributed by atoms with van der Waals surface area (Å²) in [7, 11) is 0. The third-order valence-electron chi connectivity index (χ3n) is 14.3. The Morgan fingerprint density at radius 1 is 0.284 bits per heavy atom. The number of hydrogen-bond donors (Lipinski definition) is 0. The molecule has 0 fully saturated rings. The van der Waals surface area contributed by atoms with Crippen LogP contribution in [-0.2, 0) is 0 Å².